The minimum absolute atomic E-state index is 0.0394. The van der Waals surface area contributed by atoms with Crippen molar-refractivity contribution >= 4 is 5.91 Å². The zero-order valence-electron chi connectivity index (χ0n) is 13.2. The van der Waals surface area contributed by atoms with E-state index in [0.717, 1.165) is 18.6 Å². The van der Waals surface area contributed by atoms with E-state index in [1.165, 1.54) is 0 Å². The van der Waals surface area contributed by atoms with Crippen LogP contribution < -0.4 is 5.32 Å². The van der Waals surface area contributed by atoms with Gasteiger partial charge in [0.2, 0.25) is 5.91 Å². The van der Waals surface area contributed by atoms with Gasteiger partial charge in [0.15, 0.2) is 0 Å². The number of amides is 1. The second-order valence-electron chi connectivity index (χ2n) is 6.03. The number of nitrogens with one attached hydrogen (secondary N) is 1. The smallest absolute Gasteiger partial charge is 0.241 e. The van der Waals surface area contributed by atoms with Gasteiger partial charge in [-0.25, -0.2) is 0 Å². The molecule has 2 rings (SSSR count). The predicted molar refractivity (Wildman–Crippen MR) is 83.8 cm³/mol. The summed E-state index contributed by atoms with van der Waals surface area (Å²) < 4.78 is 5.65. The van der Waals surface area contributed by atoms with Crippen molar-refractivity contribution in [1.82, 2.24) is 10.2 Å². The molecule has 0 spiro atoms. The minimum Gasteiger partial charge on any atom is -0.380 e. The molecule has 1 aromatic carbocycles. The summed E-state index contributed by atoms with van der Waals surface area (Å²) in [5.74, 6) is 0.800. The van der Waals surface area contributed by atoms with E-state index in [0.29, 0.717) is 19.1 Å². The van der Waals surface area contributed by atoms with Crippen LogP contribution in [0.4, 0.5) is 0 Å². The molecule has 1 heterocycles. The summed E-state index contributed by atoms with van der Waals surface area (Å²) >= 11 is 0. The first kappa shape index (κ1) is 16.0. The first-order chi connectivity index (χ1) is 10.1. The Hall–Kier alpha value is -1.39. The summed E-state index contributed by atoms with van der Waals surface area (Å²) in [6.07, 6.45) is 1.02. The highest BCUT2D eigenvalue weighted by Gasteiger charge is 2.36. The number of hydrogen-bond acceptors (Lipinski definition) is 3. The Morgan fingerprint density at radius 1 is 1.24 bits per heavy atom. The van der Waals surface area contributed by atoms with Crippen molar-refractivity contribution in [3.8, 4) is 0 Å². The lowest BCUT2D eigenvalue weighted by atomic mass is 10.1. The fourth-order valence-corrected chi connectivity index (χ4v) is 2.51. The van der Waals surface area contributed by atoms with E-state index in [1.807, 2.05) is 30.0 Å². The quantitative estimate of drug-likeness (QED) is 0.785. The van der Waals surface area contributed by atoms with Crippen LogP contribution in [0, 0.1) is 5.92 Å². The molecule has 1 aliphatic rings. The van der Waals surface area contributed by atoms with Gasteiger partial charge in [-0.3, -0.25) is 10.1 Å². The summed E-state index contributed by atoms with van der Waals surface area (Å²) in [6, 6.07) is 9.96. The second-order valence-corrected chi connectivity index (χ2v) is 6.03. The second kappa shape index (κ2) is 7.57. The molecule has 0 bridgehead atoms. The van der Waals surface area contributed by atoms with Crippen molar-refractivity contribution in [2.75, 3.05) is 19.8 Å². The lowest BCUT2D eigenvalue weighted by molar-refractivity contribution is -0.130. The third-order valence-corrected chi connectivity index (χ3v) is 3.80. The summed E-state index contributed by atoms with van der Waals surface area (Å²) in [7, 11) is 0. The van der Waals surface area contributed by atoms with Crippen LogP contribution in [0.15, 0.2) is 30.3 Å². The first-order valence-corrected chi connectivity index (χ1v) is 7.79. The molecule has 1 N–H and O–H groups in total. The van der Waals surface area contributed by atoms with Gasteiger partial charge in [0.05, 0.1) is 12.6 Å². The maximum Gasteiger partial charge on any atom is 0.241 e. The Bertz CT molecular complexity index is 447. The summed E-state index contributed by atoms with van der Waals surface area (Å²) in [5.41, 5.74) is 1.12. The Morgan fingerprint density at radius 2 is 1.95 bits per heavy atom. The van der Waals surface area contributed by atoms with Crippen LogP contribution in [-0.4, -0.2) is 36.6 Å². The molecule has 2 unspecified atom stereocenters. The number of benzene rings is 1. The van der Waals surface area contributed by atoms with Gasteiger partial charge in [0.25, 0.3) is 0 Å². The number of hydrogen-bond donors (Lipinski definition) is 1. The van der Waals surface area contributed by atoms with E-state index in [4.69, 9.17) is 4.74 Å². The normalized spacial score (nSPS) is 22.3. The molecular weight excluding hydrogens is 264 g/mol. The Labute approximate surface area is 127 Å². The van der Waals surface area contributed by atoms with Crippen LogP contribution in [-0.2, 0) is 9.53 Å². The van der Waals surface area contributed by atoms with Gasteiger partial charge in [-0.15, -0.1) is 0 Å². The van der Waals surface area contributed by atoms with Crippen molar-refractivity contribution in [3.05, 3.63) is 35.9 Å². The van der Waals surface area contributed by atoms with Gasteiger partial charge in [0.1, 0.15) is 6.17 Å². The molecule has 1 aliphatic heterocycles. The van der Waals surface area contributed by atoms with Crippen LogP contribution in [0.5, 0.6) is 0 Å². The number of ether oxygens (including phenoxy) is 1. The maximum absolute atomic E-state index is 12.3. The zero-order chi connectivity index (χ0) is 15.2. The molecule has 1 amide bonds. The largest absolute Gasteiger partial charge is 0.380 e. The van der Waals surface area contributed by atoms with Gasteiger partial charge < -0.3 is 9.64 Å². The third kappa shape index (κ3) is 4.29. The molecule has 0 aliphatic carbocycles. The van der Waals surface area contributed by atoms with E-state index in [9.17, 15) is 4.79 Å². The number of carbonyl (C=O) groups excluding carboxylic acids is 1. The fraction of sp³-hybridized carbons (Fsp3) is 0.588. The van der Waals surface area contributed by atoms with E-state index in [2.05, 4.69) is 31.3 Å². The van der Waals surface area contributed by atoms with E-state index >= 15 is 0 Å². The number of nitrogens with zero attached hydrogens (tertiary/aromatic N) is 1. The molecule has 1 fully saturated rings. The SMILES string of the molecule is CC(C)CCOCCN1C(=O)C(C)NC1c1ccccc1. The monoisotopic (exact) mass is 290 g/mol. The molecule has 0 saturated carbocycles. The Balaban J connectivity index is 1.90. The molecule has 21 heavy (non-hydrogen) atoms. The number of rotatable bonds is 7. The minimum atomic E-state index is -0.133. The molecule has 4 nitrogen and oxygen atoms in total. The highest BCUT2D eigenvalue weighted by molar-refractivity contribution is 5.84. The summed E-state index contributed by atoms with van der Waals surface area (Å²) in [5, 5.41) is 3.35. The standard InChI is InChI=1S/C17H26N2O2/c1-13(2)9-11-21-12-10-19-16(18-14(3)17(19)20)15-7-5-4-6-8-15/h4-8,13-14,16,18H,9-12H2,1-3H3. The van der Waals surface area contributed by atoms with Gasteiger partial charge in [-0.1, -0.05) is 44.2 Å². The molecule has 4 heteroatoms. The molecule has 1 saturated heterocycles. The van der Waals surface area contributed by atoms with Gasteiger partial charge >= 0.3 is 0 Å². The van der Waals surface area contributed by atoms with Crippen molar-refractivity contribution < 1.29 is 9.53 Å². The van der Waals surface area contributed by atoms with Crippen molar-refractivity contribution in [1.29, 1.82) is 0 Å². The van der Waals surface area contributed by atoms with Gasteiger partial charge in [0, 0.05) is 13.2 Å². The van der Waals surface area contributed by atoms with Crippen LogP contribution in [0.2, 0.25) is 0 Å². The van der Waals surface area contributed by atoms with Crippen molar-refractivity contribution in [2.45, 2.75) is 39.4 Å². The molecule has 0 radical (unpaired) electrons. The topological polar surface area (TPSA) is 41.6 Å². The van der Waals surface area contributed by atoms with Crippen LogP contribution >= 0.6 is 0 Å². The van der Waals surface area contributed by atoms with Crippen molar-refractivity contribution in [3.63, 3.8) is 0 Å². The van der Waals surface area contributed by atoms with Crippen LogP contribution in [0.3, 0.4) is 0 Å². The fourth-order valence-electron chi connectivity index (χ4n) is 2.51. The maximum atomic E-state index is 12.3. The highest BCUT2D eigenvalue weighted by Crippen LogP contribution is 2.24. The lowest BCUT2D eigenvalue weighted by Crippen LogP contribution is -2.33. The van der Waals surface area contributed by atoms with Crippen molar-refractivity contribution in [2.24, 2.45) is 5.92 Å². The summed E-state index contributed by atoms with van der Waals surface area (Å²) in [6.45, 7) is 8.27. The number of carbonyl (C=O) groups is 1. The van der Waals surface area contributed by atoms with Crippen LogP contribution in [0.25, 0.3) is 0 Å². The summed E-state index contributed by atoms with van der Waals surface area (Å²) in [4.78, 5) is 14.2. The van der Waals surface area contributed by atoms with E-state index < -0.39 is 0 Å². The Kier molecular flexibility index (Phi) is 5.76. The van der Waals surface area contributed by atoms with E-state index in [-0.39, 0.29) is 18.1 Å². The van der Waals surface area contributed by atoms with E-state index in [1.54, 1.807) is 0 Å². The van der Waals surface area contributed by atoms with Crippen LogP contribution in [0.1, 0.15) is 38.9 Å². The average Bonchev–Trinajstić information content (AvgIpc) is 2.75. The molecule has 1 aromatic rings. The zero-order valence-corrected chi connectivity index (χ0v) is 13.2. The first-order valence-electron chi connectivity index (χ1n) is 7.79. The average molecular weight is 290 g/mol. The lowest BCUT2D eigenvalue weighted by Gasteiger charge is -2.24. The Morgan fingerprint density at radius 3 is 2.62 bits per heavy atom. The molecule has 2 atom stereocenters. The molecule has 0 aromatic heterocycles. The van der Waals surface area contributed by atoms with Gasteiger partial charge in [-0.05, 0) is 24.8 Å². The molecule has 116 valence electrons. The highest BCUT2D eigenvalue weighted by atomic mass is 16.5. The third-order valence-electron chi connectivity index (χ3n) is 3.80. The predicted octanol–water partition coefficient (Wildman–Crippen LogP) is 2.57. The molecular formula is C17H26N2O2. The van der Waals surface area contributed by atoms with Gasteiger partial charge in [-0.2, -0.15) is 0 Å².